The first-order valence-electron chi connectivity index (χ1n) is 9.54. The Morgan fingerprint density at radius 2 is 1.67 bits per heavy atom. The summed E-state index contributed by atoms with van der Waals surface area (Å²) in [4.78, 5) is 26.0. The van der Waals surface area contributed by atoms with E-state index in [0.29, 0.717) is 31.9 Å². The number of sulfonamides is 1. The number of hydrogen-bond donors (Lipinski definition) is 1. The Morgan fingerprint density at radius 1 is 1.00 bits per heavy atom. The molecule has 2 aliphatic rings. The van der Waals surface area contributed by atoms with E-state index in [1.54, 1.807) is 29.2 Å². The van der Waals surface area contributed by atoms with Gasteiger partial charge in [-0.1, -0.05) is 6.42 Å². The molecule has 8 heteroatoms. The highest BCUT2D eigenvalue weighted by Crippen LogP contribution is 2.23. The minimum absolute atomic E-state index is 0.0141. The molecule has 3 rings (SSSR count). The highest BCUT2D eigenvalue weighted by atomic mass is 32.2. The molecule has 2 amide bonds. The van der Waals surface area contributed by atoms with Gasteiger partial charge in [-0.2, -0.15) is 4.31 Å². The van der Waals surface area contributed by atoms with Crippen LogP contribution >= 0.6 is 0 Å². The second-order valence-electron chi connectivity index (χ2n) is 7.28. The summed E-state index contributed by atoms with van der Waals surface area (Å²) in [7, 11) is -3.47. The maximum atomic E-state index is 12.7. The summed E-state index contributed by atoms with van der Waals surface area (Å²) in [6, 6.07) is 6.34. The van der Waals surface area contributed by atoms with Crippen LogP contribution in [0.4, 0.5) is 5.69 Å². The number of nitrogens with one attached hydrogen (secondary N) is 1. The molecule has 0 unspecified atom stereocenters. The predicted molar refractivity (Wildman–Crippen MR) is 103 cm³/mol. The van der Waals surface area contributed by atoms with E-state index >= 15 is 0 Å². The number of anilines is 1. The fourth-order valence-electron chi connectivity index (χ4n) is 3.69. The molecule has 0 spiro atoms. The first-order chi connectivity index (χ1) is 12.9. The van der Waals surface area contributed by atoms with Crippen LogP contribution in [0.5, 0.6) is 0 Å². The van der Waals surface area contributed by atoms with Gasteiger partial charge in [0.15, 0.2) is 0 Å². The molecule has 1 N–H and O–H groups in total. The summed E-state index contributed by atoms with van der Waals surface area (Å²) >= 11 is 0. The predicted octanol–water partition coefficient (Wildman–Crippen LogP) is 2.06. The van der Waals surface area contributed by atoms with Crippen molar-refractivity contribution >= 4 is 27.5 Å². The third kappa shape index (κ3) is 4.68. The Morgan fingerprint density at radius 3 is 2.30 bits per heavy atom. The van der Waals surface area contributed by atoms with Gasteiger partial charge in [-0.3, -0.25) is 9.59 Å². The van der Waals surface area contributed by atoms with Crippen molar-refractivity contribution in [3.63, 3.8) is 0 Å². The molecule has 1 atom stereocenters. The average molecular weight is 394 g/mol. The highest BCUT2D eigenvalue weighted by Gasteiger charge is 2.28. The van der Waals surface area contributed by atoms with Gasteiger partial charge in [-0.15, -0.1) is 0 Å². The van der Waals surface area contributed by atoms with Gasteiger partial charge in [-0.25, -0.2) is 8.42 Å². The fraction of sp³-hybridized carbons (Fsp3) is 0.579. The second-order valence-corrected chi connectivity index (χ2v) is 9.22. The summed E-state index contributed by atoms with van der Waals surface area (Å²) in [5.74, 6) is -0.383. The van der Waals surface area contributed by atoms with Gasteiger partial charge in [0.25, 0.3) is 0 Å². The minimum Gasteiger partial charge on any atom is -0.342 e. The Bertz CT molecular complexity index is 786. The molecule has 2 aliphatic heterocycles. The van der Waals surface area contributed by atoms with Gasteiger partial charge < -0.3 is 10.2 Å². The number of nitrogens with zero attached hydrogens (tertiary/aromatic N) is 2. The first kappa shape index (κ1) is 19.8. The van der Waals surface area contributed by atoms with Crippen molar-refractivity contribution in [3.05, 3.63) is 24.3 Å². The third-order valence-corrected chi connectivity index (χ3v) is 7.23. The normalized spacial score (nSPS) is 21.7. The largest absolute Gasteiger partial charge is 0.342 e. The fourth-order valence-corrected chi connectivity index (χ4v) is 5.20. The van der Waals surface area contributed by atoms with E-state index in [4.69, 9.17) is 0 Å². The molecule has 7 nitrogen and oxygen atoms in total. The van der Waals surface area contributed by atoms with Crippen LogP contribution in [-0.2, 0) is 19.6 Å². The standard InChI is InChI=1S/C19H27N3O4S/c1-15(23)21-11-5-6-16(14-21)19(24)20-17-7-9-18(10-8-17)27(25,26)22-12-3-2-4-13-22/h7-10,16H,2-6,11-14H2,1H3,(H,20,24)/t16-/m0/s1. The zero-order valence-electron chi connectivity index (χ0n) is 15.7. The number of benzene rings is 1. The van der Waals surface area contributed by atoms with Crippen LogP contribution in [0.3, 0.4) is 0 Å². The average Bonchev–Trinajstić information content (AvgIpc) is 2.69. The number of amides is 2. The van der Waals surface area contributed by atoms with Crippen molar-refractivity contribution in [3.8, 4) is 0 Å². The lowest BCUT2D eigenvalue weighted by Gasteiger charge is -2.31. The van der Waals surface area contributed by atoms with Crippen LogP contribution in [0.25, 0.3) is 0 Å². The lowest BCUT2D eigenvalue weighted by atomic mass is 9.97. The molecule has 2 saturated heterocycles. The summed E-state index contributed by atoms with van der Waals surface area (Å²) in [5, 5.41) is 2.84. The quantitative estimate of drug-likeness (QED) is 0.848. The van der Waals surface area contributed by atoms with E-state index in [1.807, 2.05) is 0 Å². The molecule has 2 fully saturated rings. The number of piperidine rings is 2. The van der Waals surface area contributed by atoms with Gasteiger partial charge in [-0.05, 0) is 49.9 Å². The lowest BCUT2D eigenvalue weighted by molar-refractivity contribution is -0.132. The molecule has 1 aromatic rings. The van der Waals surface area contributed by atoms with Gasteiger partial charge in [0.05, 0.1) is 10.8 Å². The first-order valence-corrected chi connectivity index (χ1v) is 11.0. The van der Waals surface area contributed by atoms with Crippen molar-refractivity contribution in [2.24, 2.45) is 5.92 Å². The van der Waals surface area contributed by atoms with Crippen LogP contribution in [0, 0.1) is 5.92 Å². The minimum atomic E-state index is -3.47. The van der Waals surface area contributed by atoms with Gasteiger partial charge >= 0.3 is 0 Å². The van der Waals surface area contributed by atoms with E-state index in [2.05, 4.69) is 5.32 Å². The summed E-state index contributed by atoms with van der Waals surface area (Å²) in [6.45, 7) is 3.77. The van der Waals surface area contributed by atoms with Crippen LogP contribution < -0.4 is 5.32 Å². The monoisotopic (exact) mass is 393 g/mol. The van der Waals surface area contributed by atoms with E-state index in [0.717, 1.165) is 32.1 Å². The molecule has 0 saturated carbocycles. The van der Waals surface area contributed by atoms with Crippen molar-refractivity contribution in [1.82, 2.24) is 9.21 Å². The molecule has 1 aromatic carbocycles. The topological polar surface area (TPSA) is 86.8 Å². The number of rotatable bonds is 4. The van der Waals surface area contributed by atoms with Crippen molar-refractivity contribution in [2.75, 3.05) is 31.5 Å². The van der Waals surface area contributed by atoms with Crippen LogP contribution in [0.15, 0.2) is 29.2 Å². The van der Waals surface area contributed by atoms with Gasteiger partial charge in [0.2, 0.25) is 21.8 Å². The van der Waals surface area contributed by atoms with Crippen molar-refractivity contribution < 1.29 is 18.0 Å². The summed E-state index contributed by atoms with van der Waals surface area (Å²) in [5.41, 5.74) is 0.567. The van der Waals surface area contributed by atoms with E-state index in [1.165, 1.54) is 11.2 Å². The zero-order chi connectivity index (χ0) is 19.4. The molecule has 27 heavy (non-hydrogen) atoms. The highest BCUT2D eigenvalue weighted by molar-refractivity contribution is 7.89. The maximum absolute atomic E-state index is 12.7. The molecule has 0 aliphatic carbocycles. The molecular formula is C19H27N3O4S. The van der Waals surface area contributed by atoms with E-state index in [9.17, 15) is 18.0 Å². The summed E-state index contributed by atoms with van der Waals surface area (Å²) < 4.78 is 26.9. The Kier molecular flexibility index (Phi) is 6.16. The van der Waals surface area contributed by atoms with E-state index in [-0.39, 0.29) is 22.6 Å². The number of hydrogen-bond acceptors (Lipinski definition) is 4. The van der Waals surface area contributed by atoms with Gasteiger partial charge in [0.1, 0.15) is 0 Å². The second kappa shape index (κ2) is 8.39. The summed E-state index contributed by atoms with van der Waals surface area (Å²) in [6.07, 6.45) is 4.42. The molecule has 0 radical (unpaired) electrons. The van der Waals surface area contributed by atoms with E-state index < -0.39 is 10.0 Å². The molecule has 0 bridgehead atoms. The molecule has 148 valence electrons. The zero-order valence-corrected chi connectivity index (χ0v) is 16.5. The number of carbonyl (C=O) groups excluding carboxylic acids is 2. The molecule has 2 heterocycles. The molecular weight excluding hydrogens is 366 g/mol. The Balaban J connectivity index is 1.63. The SMILES string of the molecule is CC(=O)N1CCC[C@H](C(=O)Nc2ccc(S(=O)(=O)N3CCCCC3)cc2)C1. The lowest BCUT2D eigenvalue weighted by Crippen LogP contribution is -2.42. The van der Waals surface area contributed by atoms with Crippen molar-refractivity contribution in [2.45, 2.75) is 43.9 Å². The molecule has 0 aromatic heterocycles. The number of carbonyl (C=O) groups is 2. The maximum Gasteiger partial charge on any atom is 0.243 e. The van der Waals surface area contributed by atoms with Crippen LogP contribution in [0.2, 0.25) is 0 Å². The third-order valence-electron chi connectivity index (χ3n) is 5.31. The number of likely N-dealkylation sites (tertiary alicyclic amines) is 1. The Labute approximate surface area is 160 Å². The Hall–Kier alpha value is -1.93. The van der Waals surface area contributed by atoms with Crippen molar-refractivity contribution in [1.29, 1.82) is 0 Å². The van der Waals surface area contributed by atoms with Gasteiger partial charge in [0, 0.05) is 38.8 Å². The smallest absolute Gasteiger partial charge is 0.243 e. The van der Waals surface area contributed by atoms with Crippen LogP contribution in [0.1, 0.15) is 39.0 Å². The van der Waals surface area contributed by atoms with Crippen LogP contribution in [-0.4, -0.2) is 55.6 Å².